The summed E-state index contributed by atoms with van der Waals surface area (Å²) < 4.78 is 5.21. The Morgan fingerprint density at radius 1 is 1.50 bits per heavy atom. The zero-order valence-electron chi connectivity index (χ0n) is 8.16. The van der Waals surface area contributed by atoms with Crippen molar-refractivity contribution in [1.82, 2.24) is 9.97 Å². The van der Waals surface area contributed by atoms with Gasteiger partial charge in [-0.25, -0.2) is 9.97 Å². The van der Waals surface area contributed by atoms with Gasteiger partial charge in [-0.3, -0.25) is 0 Å². The van der Waals surface area contributed by atoms with Gasteiger partial charge >= 0.3 is 0 Å². The molecule has 0 fully saturated rings. The van der Waals surface area contributed by atoms with Crippen molar-refractivity contribution in [3.63, 3.8) is 0 Å². The third-order valence-electron chi connectivity index (χ3n) is 2.26. The van der Waals surface area contributed by atoms with E-state index in [2.05, 4.69) is 9.97 Å². The van der Waals surface area contributed by atoms with E-state index < -0.39 is 0 Å². The Morgan fingerprint density at radius 3 is 3.00 bits per heavy atom. The molecular formula is C10H13N3O. The summed E-state index contributed by atoms with van der Waals surface area (Å²) in [6.45, 7) is 3.28. The summed E-state index contributed by atoms with van der Waals surface area (Å²) in [4.78, 5) is 8.49. The Kier molecular flexibility index (Phi) is 2.45. The van der Waals surface area contributed by atoms with Crippen molar-refractivity contribution < 1.29 is 4.74 Å². The van der Waals surface area contributed by atoms with Gasteiger partial charge in [-0.2, -0.15) is 0 Å². The molecule has 2 heterocycles. The first-order valence-corrected chi connectivity index (χ1v) is 4.63. The van der Waals surface area contributed by atoms with Crippen LogP contribution >= 0.6 is 0 Å². The molecule has 0 bridgehead atoms. The Morgan fingerprint density at radius 2 is 2.36 bits per heavy atom. The third kappa shape index (κ3) is 1.75. The van der Waals surface area contributed by atoms with E-state index in [-0.39, 0.29) is 0 Å². The molecule has 14 heavy (non-hydrogen) atoms. The number of aryl methyl sites for hydroxylation is 1. The van der Waals surface area contributed by atoms with E-state index in [0.29, 0.717) is 12.4 Å². The Balaban J connectivity index is 2.32. The second kappa shape index (κ2) is 3.75. The van der Waals surface area contributed by atoms with Gasteiger partial charge in [0, 0.05) is 11.8 Å². The molecule has 2 N–H and O–H groups in total. The summed E-state index contributed by atoms with van der Waals surface area (Å²) in [5, 5.41) is 0. The fraction of sp³-hybridized carbons (Fsp3) is 0.400. The van der Waals surface area contributed by atoms with Gasteiger partial charge in [-0.1, -0.05) is 6.08 Å². The predicted molar refractivity (Wildman–Crippen MR) is 54.6 cm³/mol. The minimum absolute atomic E-state index is 0.558. The molecule has 0 saturated heterocycles. The van der Waals surface area contributed by atoms with Crippen LogP contribution in [0.1, 0.15) is 17.8 Å². The number of aromatic nitrogens is 2. The van der Waals surface area contributed by atoms with Crippen LogP contribution in [0.2, 0.25) is 0 Å². The number of nitrogen functional groups attached to an aromatic ring is 1. The highest BCUT2D eigenvalue weighted by Gasteiger charge is 2.09. The van der Waals surface area contributed by atoms with Crippen LogP contribution in [0, 0.1) is 6.92 Å². The van der Waals surface area contributed by atoms with E-state index in [1.807, 2.05) is 13.0 Å². The second-order valence-corrected chi connectivity index (χ2v) is 3.32. The van der Waals surface area contributed by atoms with Gasteiger partial charge in [-0.15, -0.1) is 0 Å². The van der Waals surface area contributed by atoms with Crippen molar-refractivity contribution in [1.29, 1.82) is 0 Å². The summed E-state index contributed by atoms with van der Waals surface area (Å²) in [5.74, 6) is 1.29. The lowest BCUT2D eigenvalue weighted by Gasteiger charge is -2.12. The highest BCUT2D eigenvalue weighted by molar-refractivity contribution is 5.61. The SMILES string of the molecule is Cc1cnc(C2=CCOCC2)nc1N. The van der Waals surface area contributed by atoms with E-state index >= 15 is 0 Å². The molecule has 2 rings (SSSR count). The average Bonchev–Trinajstić information content (AvgIpc) is 2.23. The predicted octanol–water partition coefficient (Wildman–Crippen LogP) is 1.17. The normalized spacial score (nSPS) is 16.5. The smallest absolute Gasteiger partial charge is 0.157 e. The zero-order valence-corrected chi connectivity index (χ0v) is 8.16. The van der Waals surface area contributed by atoms with Crippen LogP contribution < -0.4 is 5.73 Å². The summed E-state index contributed by atoms with van der Waals surface area (Å²) in [6, 6.07) is 0. The number of anilines is 1. The van der Waals surface area contributed by atoms with E-state index in [9.17, 15) is 0 Å². The maximum Gasteiger partial charge on any atom is 0.157 e. The van der Waals surface area contributed by atoms with Crippen LogP contribution in [0.15, 0.2) is 12.3 Å². The van der Waals surface area contributed by atoms with Gasteiger partial charge in [-0.05, 0) is 18.9 Å². The number of hydrogen-bond acceptors (Lipinski definition) is 4. The number of ether oxygens (including phenoxy) is 1. The molecule has 1 aromatic rings. The largest absolute Gasteiger partial charge is 0.383 e. The lowest BCUT2D eigenvalue weighted by Crippen LogP contribution is -2.07. The third-order valence-corrected chi connectivity index (χ3v) is 2.26. The van der Waals surface area contributed by atoms with E-state index in [1.54, 1.807) is 6.20 Å². The fourth-order valence-corrected chi connectivity index (χ4v) is 1.34. The number of nitrogens with zero attached hydrogens (tertiary/aromatic N) is 2. The van der Waals surface area contributed by atoms with E-state index in [1.165, 1.54) is 0 Å². The standard InChI is InChI=1S/C10H13N3O/c1-7-6-12-10(13-9(7)11)8-2-4-14-5-3-8/h2,6H,3-5H2,1H3,(H2,11,12,13). The molecule has 0 aliphatic carbocycles. The van der Waals surface area contributed by atoms with Gasteiger partial charge in [0.05, 0.1) is 13.2 Å². The number of nitrogens with two attached hydrogens (primary N) is 1. The highest BCUT2D eigenvalue weighted by atomic mass is 16.5. The molecule has 4 nitrogen and oxygen atoms in total. The lowest BCUT2D eigenvalue weighted by atomic mass is 10.1. The Bertz CT molecular complexity index is 374. The Labute approximate surface area is 82.8 Å². The van der Waals surface area contributed by atoms with E-state index in [4.69, 9.17) is 10.5 Å². The summed E-state index contributed by atoms with van der Waals surface area (Å²) in [7, 11) is 0. The fourth-order valence-electron chi connectivity index (χ4n) is 1.34. The van der Waals surface area contributed by atoms with Crippen molar-refractivity contribution in [2.75, 3.05) is 18.9 Å². The molecule has 0 radical (unpaired) electrons. The van der Waals surface area contributed by atoms with Crippen molar-refractivity contribution in [2.45, 2.75) is 13.3 Å². The quantitative estimate of drug-likeness (QED) is 0.723. The lowest BCUT2D eigenvalue weighted by molar-refractivity contribution is 0.161. The van der Waals surface area contributed by atoms with E-state index in [0.717, 1.165) is 30.0 Å². The van der Waals surface area contributed by atoms with Gasteiger partial charge in [0.1, 0.15) is 5.82 Å². The minimum atomic E-state index is 0.558. The molecule has 0 spiro atoms. The van der Waals surface area contributed by atoms with Crippen LogP contribution in [0.3, 0.4) is 0 Å². The van der Waals surface area contributed by atoms with Crippen LogP contribution in [0.25, 0.3) is 5.57 Å². The molecule has 0 aromatic carbocycles. The molecule has 1 aliphatic rings. The van der Waals surface area contributed by atoms with Crippen LogP contribution in [0.5, 0.6) is 0 Å². The first-order chi connectivity index (χ1) is 6.77. The monoisotopic (exact) mass is 191 g/mol. The average molecular weight is 191 g/mol. The molecular weight excluding hydrogens is 178 g/mol. The molecule has 74 valence electrons. The highest BCUT2D eigenvalue weighted by Crippen LogP contribution is 2.18. The van der Waals surface area contributed by atoms with Gasteiger partial charge < -0.3 is 10.5 Å². The summed E-state index contributed by atoms with van der Waals surface area (Å²) in [5.41, 5.74) is 7.76. The van der Waals surface area contributed by atoms with Gasteiger partial charge in [0.2, 0.25) is 0 Å². The second-order valence-electron chi connectivity index (χ2n) is 3.32. The molecule has 1 aromatic heterocycles. The van der Waals surface area contributed by atoms with Crippen molar-refractivity contribution in [3.05, 3.63) is 23.7 Å². The minimum Gasteiger partial charge on any atom is -0.383 e. The van der Waals surface area contributed by atoms with Crippen molar-refractivity contribution >= 4 is 11.4 Å². The number of hydrogen-bond donors (Lipinski definition) is 1. The first-order valence-electron chi connectivity index (χ1n) is 4.63. The molecule has 0 unspecified atom stereocenters. The molecule has 1 aliphatic heterocycles. The van der Waals surface area contributed by atoms with Crippen LogP contribution in [0.4, 0.5) is 5.82 Å². The molecule has 0 atom stereocenters. The summed E-state index contributed by atoms with van der Waals surface area (Å²) >= 11 is 0. The molecule has 0 saturated carbocycles. The van der Waals surface area contributed by atoms with Crippen LogP contribution in [-0.2, 0) is 4.74 Å². The summed E-state index contributed by atoms with van der Waals surface area (Å²) in [6.07, 6.45) is 4.63. The maximum atomic E-state index is 5.72. The van der Waals surface area contributed by atoms with Crippen molar-refractivity contribution in [2.24, 2.45) is 0 Å². The Hall–Kier alpha value is -1.42. The van der Waals surface area contributed by atoms with Gasteiger partial charge in [0.25, 0.3) is 0 Å². The zero-order chi connectivity index (χ0) is 9.97. The van der Waals surface area contributed by atoms with Crippen LogP contribution in [-0.4, -0.2) is 23.2 Å². The topological polar surface area (TPSA) is 61.0 Å². The van der Waals surface area contributed by atoms with Gasteiger partial charge in [0.15, 0.2) is 5.82 Å². The molecule has 4 heteroatoms. The van der Waals surface area contributed by atoms with Crippen molar-refractivity contribution in [3.8, 4) is 0 Å². The maximum absolute atomic E-state index is 5.72. The first kappa shape index (κ1) is 9.15. The number of rotatable bonds is 1. The molecule has 0 amide bonds.